The van der Waals surface area contributed by atoms with Gasteiger partial charge in [0.1, 0.15) is 11.5 Å². The molecule has 0 saturated carbocycles. The molecule has 0 unspecified atom stereocenters. The second-order valence-electron chi connectivity index (χ2n) is 7.37. The molecule has 0 spiro atoms. The lowest BCUT2D eigenvalue weighted by molar-refractivity contribution is 0.629. The average Bonchev–Trinajstić information content (AvgIpc) is 3.22. The van der Waals surface area contributed by atoms with Crippen molar-refractivity contribution >= 4 is 22.8 Å². The third kappa shape index (κ3) is 3.32. The van der Waals surface area contributed by atoms with Crippen LogP contribution in [0, 0.1) is 12.3 Å². The highest BCUT2D eigenvalue weighted by molar-refractivity contribution is 7.13. The molecule has 0 aromatic carbocycles. The van der Waals surface area contributed by atoms with E-state index < -0.39 is 0 Å². The van der Waals surface area contributed by atoms with E-state index in [1.807, 2.05) is 22.0 Å². The quantitative estimate of drug-likeness (QED) is 0.427. The Bertz CT molecular complexity index is 1120. The Kier molecular flexibility index (Phi) is 4.21. The number of anilines is 1. The summed E-state index contributed by atoms with van der Waals surface area (Å²) in [6.45, 7) is 6.36. The third-order valence-corrected chi connectivity index (χ3v) is 5.10. The summed E-state index contributed by atoms with van der Waals surface area (Å²) in [5, 5.41) is 5.52. The standard InChI is InChI=1S/C16H16N4S.C6H4/c1-5-11-6-9-21-14(11)13-15(19-16(2,3)4)20-8-7-17-10-12(20)18-13;1-2-6-4-3-5(1)6/h1,6-10,19H,2-4H3;1-4H. The Morgan fingerprint density at radius 3 is 2.37 bits per heavy atom. The second kappa shape index (κ2) is 6.57. The molecule has 3 aromatic rings. The minimum absolute atomic E-state index is 0.0818. The van der Waals surface area contributed by atoms with Crippen LogP contribution in [0.4, 0.5) is 5.82 Å². The van der Waals surface area contributed by atoms with Crippen LogP contribution in [0.15, 0.2) is 54.3 Å². The maximum Gasteiger partial charge on any atom is 0.157 e. The molecule has 134 valence electrons. The zero-order chi connectivity index (χ0) is 19.0. The number of rotatable bonds is 2. The van der Waals surface area contributed by atoms with E-state index in [1.165, 1.54) is 11.1 Å². The normalized spacial score (nSPS) is 11.5. The number of fused-ring (bicyclic) bond motifs is 2. The number of aromatic nitrogens is 3. The number of nitrogens with zero attached hydrogens (tertiary/aromatic N) is 3. The van der Waals surface area contributed by atoms with E-state index in [0.29, 0.717) is 0 Å². The van der Waals surface area contributed by atoms with E-state index in [1.54, 1.807) is 23.7 Å². The minimum Gasteiger partial charge on any atom is -0.365 e. The molecule has 0 saturated heterocycles. The van der Waals surface area contributed by atoms with Gasteiger partial charge in [-0.25, -0.2) is 4.98 Å². The van der Waals surface area contributed by atoms with Gasteiger partial charge in [0.25, 0.3) is 0 Å². The molecule has 0 fully saturated rings. The first kappa shape index (κ1) is 17.3. The summed E-state index contributed by atoms with van der Waals surface area (Å²) in [6, 6.07) is 10.4. The Morgan fingerprint density at radius 1 is 1.11 bits per heavy atom. The molecule has 0 bridgehead atoms. The van der Waals surface area contributed by atoms with Gasteiger partial charge in [0.05, 0.1) is 11.1 Å². The summed E-state index contributed by atoms with van der Waals surface area (Å²) < 4.78 is 2.01. The molecule has 5 heteroatoms. The number of hydrogen-bond donors (Lipinski definition) is 1. The first-order chi connectivity index (χ1) is 13.0. The molecule has 0 amide bonds. The van der Waals surface area contributed by atoms with Gasteiger partial charge in [-0.05, 0) is 43.3 Å². The number of hydrogen-bond acceptors (Lipinski definition) is 4. The maximum absolute atomic E-state index is 5.59. The summed E-state index contributed by atoms with van der Waals surface area (Å²) in [4.78, 5) is 9.85. The number of thiophene rings is 1. The molecule has 0 aliphatic heterocycles. The monoisotopic (exact) mass is 372 g/mol. The lowest BCUT2D eigenvalue weighted by Gasteiger charge is -2.22. The summed E-state index contributed by atoms with van der Waals surface area (Å²) in [5.74, 6) is 3.67. The SMILES string of the molecule is C#Cc1ccsc1-c1nc2cnccn2c1NC(C)(C)C.c1cc2ccc1-2. The van der Waals surface area contributed by atoms with Crippen LogP contribution >= 0.6 is 11.3 Å². The highest BCUT2D eigenvalue weighted by Gasteiger charge is 2.21. The molecule has 1 N–H and O–H groups in total. The van der Waals surface area contributed by atoms with Gasteiger partial charge >= 0.3 is 0 Å². The average molecular weight is 372 g/mol. The second-order valence-corrected chi connectivity index (χ2v) is 8.29. The molecular formula is C22H20N4S. The Balaban J connectivity index is 0.000000250. The lowest BCUT2D eigenvalue weighted by atomic mass is 9.95. The van der Waals surface area contributed by atoms with Crippen LogP contribution < -0.4 is 5.32 Å². The van der Waals surface area contributed by atoms with Crippen molar-refractivity contribution in [1.29, 1.82) is 0 Å². The van der Waals surface area contributed by atoms with Crippen LogP contribution in [-0.2, 0) is 0 Å². The van der Waals surface area contributed by atoms with E-state index in [4.69, 9.17) is 11.4 Å². The van der Waals surface area contributed by atoms with Crippen molar-refractivity contribution in [1.82, 2.24) is 14.4 Å². The molecule has 27 heavy (non-hydrogen) atoms. The molecule has 0 atom stereocenters. The first-order valence-corrected chi connectivity index (χ1v) is 9.59. The smallest absolute Gasteiger partial charge is 0.157 e. The van der Waals surface area contributed by atoms with Gasteiger partial charge in [-0.3, -0.25) is 9.38 Å². The van der Waals surface area contributed by atoms with Gasteiger partial charge in [-0.1, -0.05) is 30.2 Å². The van der Waals surface area contributed by atoms with Crippen molar-refractivity contribution in [3.8, 4) is 34.0 Å². The van der Waals surface area contributed by atoms with Gasteiger partial charge in [-0.15, -0.1) is 17.8 Å². The summed E-state index contributed by atoms with van der Waals surface area (Å²) in [6.07, 6.45) is 11.0. The van der Waals surface area contributed by atoms with Crippen molar-refractivity contribution in [2.45, 2.75) is 26.3 Å². The fraction of sp³-hybridized carbons (Fsp3) is 0.182. The van der Waals surface area contributed by atoms with E-state index in [2.05, 4.69) is 61.3 Å². The number of nitrogens with one attached hydrogen (secondary N) is 1. The predicted molar refractivity (Wildman–Crippen MR) is 113 cm³/mol. The minimum atomic E-state index is -0.0818. The van der Waals surface area contributed by atoms with Gasteiger partial charge in [0, 0.05) is 23.5 Å². The predicted octanol–water partition coefficient (Wildman–Crippen LogP) is 5.32. The highest BCUT2D eigenvalue weighted by atomic mass is 32.1. The molecule has 5 rings (SSSR count). The summed E-state index contributed by atoms with van der Waals surface area (Å²) in [7, 11) is 0. The lowest BCUT2D eigenvalue weighted by Crippen LogP contribution is -2.27. The van der Waals surface area contributed by atoms with Crippen LogP contribution in [-0.4, -0.2) is 19.9 Å². The van der Waals surface area contributed by atoms with E-state index in [-0.39, 0.29) is 5.54 Å². The van der Waals surface area contributed by atoms with Crippen molar-refractivity contribution < 1.29 is 0 Å². The maximum atomic E-state index is 5.59. The van der Waals surface area contributed by atoms with Crippen LogP contribution in [0.3, 0.4) is 0 Å². The van der Waals surface area contributed by atoms with Gasteiger partial charge in [0.15, 0.2) is 5.65 Å². The van der Waals surface area contributed by atoms with E-state index >= 15 is 0 Å². The van der Waals surface area contributed by atoms with Crippen molar-refractivity contribution in [2.75, 3.05) is 5.32 Å². The number of imidazole rings is 1. The fourth-order valence-corrected chi connectivity index (χ4v) is 3.66. The fourth-order valence-electron chi connectivity index (χ4n) is 2.81. The zero-order valence-electron chi connectivity index (χ0n) is 15.5. The zero-order valence-corrected chi connectivity index (χ0v) is 16.3. The van der Waals surface area contributed by atoms with E-state index in [9.17, 15) is 0 Å². The molecule has 2 aliphatic carbocycles. The summed E-state index contributed by atoms with van der Waals surface area (Å²) in [5.41, 5.74) is 5.32. The highest BCUT2D eigenvalue weighted by Crippen LogP contribution is 2.35. The van der Waals surface area contributed by atoms with Gasteiger partial charge in [-0.2, -0.15) is 0 Å². The summed E-state index contributed by atoms with van der Waals surface area (Å²) >= 11 is 1.60. The molecular weight excluding hydrogens is 352 g/mol. The van der Waals surface area contributed by atoms with Crippen molar-refractivity contribution in [3.05, 3.63) is 59.9 Å². The number of terminal acetylenes is 1. The van der Waals surface area contributed by atoms with Crippen LogP contribution in [0.25, 0.3) is 27.3 Å². The van der Waals surface area contributed by atoms with Gasteiger partial charge < -0.3 is 5.32 Å². The van der Waals surface area contributed by atoms with Crippen LogP contribution in [0.1, 0.15) is 26.3 Å². The Morgan fingerprint density at radius 2 is 1.81 bits per heavy atom. The largest absolute Gasteiger partial charge is 0.365 e. The third-order valence-electron chi connectivity index (χ3n) is 4.18. The topological polar surface area (TPSA) is 42.2 Å². The van der Waals surface area contributed by atoms with Crippen molar-refractivity contribution in [3.63, 3.8) is 0 Å². The Hall–Kier alpha value is -3.10. The molecule has 4 nitrogen and oxygen atoms in total. The molecule has 2 aliphatic rings. The Labute approximate surface area is 162 Å². The number of benzene rings is 1. The van der Waals surface area contributed by atoms with E-state index in [0.717, 1.165) is 27.6 Å². The first-order valence-electron chi connectivity index (χ1n) is 8.71. The van der Waals surface area contributed by atoms with Gasteiger partial charge in [0.2, 0.25) is 0 Å². The molecule has 3 heterocycles. The van der Waals surface area contributed by atoms with Crippen LogP contribution in [0.5, 0.6) is 0 Å². The van der Waals surface area contributed by atoms with Crippen molar-refractivity contribution in [2.24, 2.45) is 0 Å². The molecule has 3 aromatic heterocycles. The van der Waals surface area contributed by atoms with Crippen LogP contribution in [0.2, 0.25) is 0 Å². The molecule has 0 radical (unpaired) electrons.